The van der Waals surface area contributed by atoms with Crippen molar-refractivity contribution in [3.63, 3.8) is 0 Å². The van der Waals surface area contributed by atoms with E-state index in [2.05, 4.69) is 31.4 Å². The third kappa shape index (κ3) is 5.37. The Balaban J connectivity index is 2.23. The molecule has 2 N–H and O–H groups in total. The molecule has 1 aromatic rings. The van der Waals surface area contributed by atoms with E-state index >= 15 is 0 Å². The second-order valence-corrected chi connectivity index (χ2v) is 4.61. The lowest BCUT2D eigenvalue weighted by Crippen LogP contribution is -2.38. The Kier molecular flexibility index (Phi) is 4.09. The van der Waals surface area contributed by atoms with Gasteiger partial charge >= 0.3 is 0 Å². The van der Waals surface area contributed by atoms with Crippen LogP contribution in [0.3, 0.4) is 0 Å². The molecule has 1 aromatic carbocycles. The van der Waals surface area contributed by atoms with E-state index in [1.54, 1.807) is 12.1 Å². The zero-order valence-electron chi connectivity index (χ0n) is 9.60. The summed E-state index contributed by atoms with van der Waals surface area (Å²) in [5.74, 6) is -0.201. The maximum absolute atomic E-state index is 12.6. The van der Waals surface area contributed by atoms with Gasteiger partial charge in [-0.1, -0.05) is 0 Å². The predicted octanol–water partition coefficient (Wildman–Crippen LogP) is 2.63. The molecular weight excluding hydrogens is 191 g/mol. The van der Waals surface area contributed by atoms with Gasteiger partial charge < -0.3 is 10.6 Å². The Morgan fingerprint density at radius 1 is 1.07 bits per heavy atom. The van der Waals surface area contributed by atoms with Gasteiger partial charge in [-0.25, -0.2) is 4.39 Å². The first-order chi connectivity index (χ1) is 6.97. The first-order valence-corrected chi connectivity index (χ1v) is 5.22. The van der Waals surface area contributed by atoms with Gasteiger partial charge in [0, 0.05) is 24.3 Å². The molecule has 0 aromatic heterocycles. The number of benzene rings is 1. The molecule has 84 valence electrons. The zero-order valence-corrected chi connectivity index (χ0v) is 9.60. The fourth-order valence-corrected chi connectivity index (χ4v) is 1.21. The minimum absolute atomic E-state index is 0.143. The van der Waals surface area contributed by atoms with E-state index in [9.17, 15) is 4.39 Å². The summed E-state index contributed by atoms with van der Waals surface area (Å²) in [6, 6.07) is 6.40. The summed E-state index contributed by atoms with van der Waals surface area (Å²) in [6.07, 6.45) is 0. The van der Waals surface area contributed by atoms with Crippen molar-refractivity contribution in [2.45, 2.75) is 26.3 Å². The van der Waals surface area contributed by atoms with Gasteiger partial charge in [-0.2, -0.15) is 0 Å². The van der Waals surface area contributed by atoms with Crippen molar-refractivity contribution in [3.05, 3.63) is 30.1 Å². The predicted molar refractivity (Wildman–Crippen MR) is 62.6 cm³/mol. The van der Waals surface area contributed by atoms with E-state index in [-0.39, 0.29) is 11.4 Å². The van der Waals surface area contributed by atoms with Gasteiger partial charge in [0.1, 0.15) is 5.82 Å². The SMILES string of the molecule is CC(C)(C)NCCNc1ccc(F)cc1. The van der Waals surface area contributed by atoms with Crippen LogP contribution >= 0.6 is 0 Å². The summed E-state index contributed by atoms with van der Waals surface area (Å²) in [4.78, 5) is 0. The molecule has 15 heavy (non-hydrogen) atoms. The Morgan fingerprint density at radius 3 is 2.20 bits per heavy atom. The van der Waals surface area contributed by atoms with Gasteiger partial charge in [-0.15, -0.1) is 0 Å². The third-order valence-electron chi connectivity index (χ3n) is 1.95. The van der Waals surface area contributed by atoms with Crippen molar-refractivity contribution >= 4 is 5.69 Å². The lowest BCUT2D eigenvalue weighted by molar-refractivity contribution is 0.435. The monoisotopic (exact) mass is 210 g/mol. The van der Waals surface area contributed by atoms with Gasteiger partial charge in [0.05, 0.1) is 0 Å². The highest BCUT2D eigenvalue weighted by molar-refractivity contribution is 5.42. The summed E-state index contributed by atoms with van der Waals surface area (Å²) in [5, 5.41) is 6.58. The maximum Gasteiger partial charge on any atom is 0.123 e. The van der Waals surface area contributed by atoms with E-state index in [0.29, 0.717) is 0 Å². The van der Waals surface area contributed by atoms with E-state index < -0.39 is 0 Å². The molecule has 0 amide bonds. The first-order valence-electron chi connectivity index (χ1n) is 5.22. The number of rotatable bonds is 4. The molecule has 0 aliphatic rings. The Morgan fingerprint density at radius 2 is 1.67 bits per heavy atom. The van der Waals surface area contributed by atoms with Gasteiger partial charge in [-0.3, -0.25) is 0 Å². The lowest BCUT2D eigenvalue weighted by atomic mass is 10.1. The molecule has 0 heterocycles. The van der Waals surface area contributed by atoms with Crippen LogP contribution < -0.4 is 10.6 Å². The highest BCUT2D eigenvalue weighted by atomic mass is 19.1. The number of hydrogen-bond acceptors (Lipinski definition) is 2. The number of hydrogen-bond donors (Lipinski definition) is 2. The molecular formula is C12H19FN2. The van der Waals surface area contributed by atoms with E-state index in [0.717, 1.165) is 18.8 Å². The third-order valence-corrected chi connectivity index (χ3v) is 1.95. The Hall–Kier alpha value is -1.09. The van der Waals surface area contributed by atoms with E-state index in [4.69, 9.17) is 0 Å². The van der Waals surface area contributed by atoms with E-state index in [1.165, 1.54) is 12.1 Å². The molecule has 0 aliphatic heterocycles. The highest BCUT2D eigenvalue weighted by Gasteiger charge is 2.06. The van der Waals surface area contributed by atoms with Crippen molar-refractivity contribution in [2.75, 3.05) is 18.4 Å². The molecule has 0 unspecified atom stereocenters. The number of anilines is 1. The van der Waals surface area contributed by atoms with Crippen LogP contribution in [0.2, 0.25) is 0 Å². The molecule has 0 aliphatic carbocycles. The lowest BCUT2D eigenvalue weighted by Gasteiger charge is -2.20. The normalized spacial score (nSPS) is 11.5. The van der Waals surface area contributed by atoms with Gasteiger partial charge in [0.15, 0.2) is 0 Å². The second kappa shape index (κ2) is 5.12. The van der Waals surface area contributed by atoms with Crippen molar-refractivity contribution in [3.8, 4) is 0 Å². The number of halogens is 1. The van der Waals surface area contributed by atoms with Crippen molar-refractivity contribution in [1.29, 1.82) is 0 Å². The quantitative estimate of drug-likeness (QED) is 0.746. The van der Waals surface area contributed by atoms with Crippen LogP contribution in [0.4, 0.5) is 10.1 Å². The fraction of sp³-hybridized carbons (Fsp3) is 0.500. The molecule has 2 nitrogen and oxygen atoms in total. The topological polar surface area (TPSA) is 24.1 Å². The highest BCUT2D eigenvalue weighted by Crippen LogP contribution is 2.07. The minimum atomic E-state index is -0.201. The van der Waals surface area contributed by atoms with Gasteiger partial charge in [0.25, 0.3) is 0 Å². The average Bonchev–Trinajstić information content (AvgIpc) is 2.14. The maximum atomic E-state index is 12.6. The molecule has 0 atom stereocenters. The summed E-state index contributed by atoms with van der Waals surface area (Å²) in [6.45, 7) is 8.12. The van der Waals surface area contributed by atoms with Crippen LogP contribution in [-0.2, 0) is 0 Å². The molecule has 0 saturated heterocycles. The van der Waals surface area contributed by atoms with E-state index in [1.807, 2.05) is 0 Å². The molecule has 0 fully saturated rings. The smallest absolute Gasteiger partial charge is 0.123 e. The van der Waals surface area contributed by atoms with Crippen LogP contribution in [0.15, 0.2) is 24.3 Å². The molecule has 0 radical (unpaired) electrons. The number of nitrogens with one attached hydrogen (secondary N) is 2. The van der Waals surface area contributed by atoms with Crippen LogP contribution in [0.25, 0.3) is 0 Å². The molecule has 0 saturated carbocycles. The van der Waals surface area contributed by atoms with Crippen LogP contribution in [0.1, 0.15) is 20.8 Å². The summed E-state index contributed by atoms with van der Waals surface area (Å²) >= 11 is 0. The van der Waals surface area contributed by atoms with Gasteiger partial charge in [0.2, 0.25) is 0 Å². The molecule has 0 spiro atoms. The van der Waals surface area contributed by atoms with Crippen molar-refractivity contribution in [2.24, 2.45) is 0 Å². The fourth-order valence-electron chi connectivity index (χ4n) is 1.21. The summed E-state index contributed by atoms with van der Waals surface area (Å²) < 4.78 is 12.6. The molecule has 0 bridgehead atoms. The average molecular weight is 210 g/mol. The van der Waals surface area contributed by atoms with Gasteiger partial charge in [-0.05, 0) is 45.0 Å². The Bertz CT molecular complexity index is 287. The summed E-state index contributed by atoms with van der Waals surface area (Å²) in [7, 11) is 0. The minimum Gasteiger partial charge on any atom is -0.384 e. The first kappa shape index (κ1) is 12.0. The van der Waals surface area contributed by atoms with Crippen molar-refractivity contribution < 1.29 is 4.39 Å². The largest absolute Gasteiger partial charge is 0.384 e. The van der Waals surface area contributed by atoms with Crippen LogP contribution in [0, 0.1) is 5.82 Å². The Labute approximate surface area is 90.9 Å². The van der Waals surface area contributed by atoms with Crippen LogP contribution in [-0.4, -0.2) is 18.6 Å². The second-order valence-electron chi connectivity index (χ2n) is 4.61. The van der Waals surface area contributed by atoms with Crippen LogP contribution in [0.5, 0.6) is 0 Å². The standard InChI is InChI=1S/C12H19FN2/c1-12(2,3)15-9-8-14-11-6-4-10(13)5-7-11/h4-7,14-15H,8-9H2,1-3H3. The molecule has 3 heteroatoms. The van der Waals surface area contributed by atoms with Crippen molar-refractivity contribution in [1.82, 2.24) is 5.32 Å². The zero-order chi connectivity index (χ0) is 11.3. The summed E-state index contributed by atoms with van der Waals surface area (Å²) in [5.41, 5.74) is 1.09. The molecule has 1 rings (SSSR count).